The second kappa shape index (κ2) is 9.02. The van der Waals surface area contributed by atoms with Crippen LogP contribution in [0.1, 0.15) is 50.3 Å². The lowest BCUT2D eigenvalue weighted by atomic mass is 9.97. The molecule has 0 aliphatic heterocycles. The lowest BCUT2D eigenvalue weighted by Crippen LogP contribution is -2.40. The molecule has 0 aliphatic rings. The number of hydrogen-bond donors (Lipinski definition) is 1. The molecule has 4 heteroatoms. The average Bonchev–Trinajstić information content (AvgIpc) is 2.50. The first kappa shape index (κ1) is 21.9. The van der Waals surface area contributed by atoms with Gasteiger partial charge in [0.15, 0.2) is 8.32 Å². The van der Waals surface area contributed by atoms with Gasteiger partial charge in [-0.3, -0.25) is 0 Å². The van der Waals surface area contributed by atoms with Gasteiger partial charge >= 0.3 is 0 Å². The quantitative estimate of drug-likeness (QED) is 0.471. The topological polar surface area (TPSA) is 38.7 Å². The monoisotopic (exact) mass is 364 g/mol. The van der Waals surface area contributed by atoms with Crippen molar-refractivity contribution in [1.29, 1.82) is 0 Å². The second-order valence-corrected chi connectivity index (χ2v) is 13.2. The summed E-state index contributed by atoms with van der Waals surface area (Å²) in [4.78, 5) is 0. The van der Waals surface area contributed by atoms with E-state index in [4.69, 9.17) is 9.16 Å². The molecule has 142 valence electrons. The minimum atomic E-state index is -1.85. The molecule has 3 nitrogen and oxygen atoms in total. The van der Waals surface area contributed by atoms with Gasteiger partial charge in [0.2, 0.25) is 0 Å². The van der Waals surface area contributed by atoms with Crippen LogP contribution in [-0.2, 0) is 17.5 Å². The van der Waals surface area contributed by atoms with E-state index in [9.17, 15) is 5.11 Å². The number of benzene rings is 1. The predicted octanol–water partition coefficient (Wildman–Crippen LogP) is 5.40. The molecule has 0 heterocycles. The summed E-state index contributed by atoms with van der Waals surface area (Å²) in [6.07, 6.45) is 3.63. The van der Waals surface area contributed by atoms with E-state index in [1.54, 1.807) is 7.11 Å². The van der Waals surface area contributed by atoms with Crippen LogP contribution in [0.4, 0.5) is 0 Å². The fourth-order valence-electron chi connectivity index (χ4n) is 2.52. The molecule has 25 heavy (non-hydrogen) atoms. The van der Waals surface area contributed by atoms with Crippen LogP contribution in [0.2, 0.25) is 18.1 Å². The van der Waals surface area contributed by atoms with Crippen molar-refractivity contribution >= 4 is 8.32 Å². The fourth-order valence-corrected chi connectivity index (χ4v) is 3.46. The summed E-state index contributed by atoms with van der Waals surface area (Å²) >= 11 is 0. The summed E-state index contributed by atoms with van der Waals surface area (Å²) in [7, 11) is -0.155. The second-order valence-electron chi connectivity index (χ2n) is 8.38. The molecule has 0 amide bonds. The van der Waals surface area contributed by atoms with E-state index in [-0.39, 0.29) is 11.1 Å². The van der Waals surface area contributed by atoms with Crippen molar-refractivity contribution in [1.82, 2.24) is 0 Å². The number of aryl methyl sites for hydroxylation is 1. The Morgan fingerprint density at radius 3 is 2.44 bits per heavy atom. The van der Waals surface area contributed by atoms with E-state index in [2.05, 4.69) is 53.4 Å². The molecule has 0 bridgehead atoms. The number of methoxy groups -OCH3 is 1. The zero-order valence-electron chi connectivity index (χ0n) is 17.1. The molecule has 0 fully saturated rings. The minimum absolute atomic E-state index is 0.161. The molecule has 1 aromatic carbocycles. The third kappa shape index (κ3) is 6.28. The molecular formula is C21H36O3Si. The third-order valence-electron chi connectivity index (χ3n) is 5.21. The van der Waals surface area contributed by atoms with Crippen LogP contribution in [0.15, 0.2) is 24.8 Å². The van der Waals surface area contributed by atoms with Gasteiger partial charge in [-0.1, -0.05) is 32.9 Å². The zero-order chi connectivity index (χ0) is 19.3. The van der Waals surface area contributed by atoms with Crippen LogP contribution in [0.3, 0.4) is 0 Å². The minimum Gasteiger partial charge on any atom is -0.496 e. The van der Waals surface area contributed by atoms with E-state index < -0.39 is 8.32 Å². The molecule has 0 radical (unpaired) electrons. The number of rotatable bonds is 9. The van der Waals surface area contributed by atoms with Crippen LogP contribution in [-0.4, -0.2) is 26.6 Å². The Bertz CT molecular complexity index is 573. The van der Waals surface area contributed by atoms with Gasteiger partial charge in [-0.15, -0.1) is 6.58 Å². The number of allylic oxidation sites excluding steroid dienone is 1. The van der Waals surface area contributed by atoms with E-state index in [0.29, 0.717) is 13.0 Å². The Morgan fingerprint density at radius 2 is 1.92 bits per heavy atom. The van der Waals surface area contributed by atoms with Gasteiger partial charge in [0.1, 0.15) is 5.75 Å². The van der Waals surface area contributed by atoms with E-state index in [1.165, 1.54) is 0 Å². The fraction of sp³-hybridized carbons (Fsp3) is 0.619. The van der Waals surface area contributed by atoms with E-state index in [0.717, 1.165) is 35.3 Å². The number of hydrogen-bond acceptors (Lipinski definition) is 3. The molecule has 0 aromatic heterocycles. The van der Waals surface area contributed by atoms with Gasteiger partial charge in [-0.05, 0) is 61.5 Å². The number of aliphatic hydroxyl groups is 1. The summed E-state index contributed by atoms with van der Waals surface area (Å²) < 4.78 is 12.0. The largest absolute Gasteiger partial charge is 0.496 e. The molecule has 0 spiro atoms. The highest BCUT2D eigenvalue weighted by Crippen LogP contribution is 2.38. The van der Waals surface area contributed by atoms with Crippen LogP contribution >= 0.6 is 0 Å². The highest BCUT2D eigenvalue weighted by molar-refractivity contribution is 6.74. The Labute approximate surface area is 155 Å². The van der Waals surface area contributed by atoms with Crippen molar-refractivity contribution < 1.29 is 14.3 Å². The molecule has 0 unspecified atom stereocenters. The Balaban J connectivity index is 3.08. The van der Waals surface area contributed by atoms with Crippen molar-refractivity contribution in [2.75, 3.05) is 7.11 Å². The number of ether oxygens (including phenoxy) is 1. The molecule has 1 N–H and O–H groups in total. The lowest BCUT2D eigenvalue weighted by Gasteiger charge is -2.36. The van der Waals surface area contributed by atoms with Crippen LogP contribution in [0.5, 0.6) is 5.75 Å². The van der Waals surface area contributed by atoms with Gasteiger partial charge in [0.25, 0.3) is 0 Å². The van der Waals surface area contributed by atoms with Gasteiger partial charge < -0.3 is 14.3 Å². The maximum absolute atomic E-state index is 10.3. The molecule has 1 rings (SSSR count). The first-order valence-electron chi connectivity index (χ1n) is 9.11. The highest BCUT2D eigenvalue weighted by atomic mass is 28.4. The molecular weight excluding hydrogens is 328 g/mol. The van der Waals surface area contributed by atoms with Crippen LogP contribution in [0, 0.1) is 6.92 Å². The lowest BCUT2D eigenvalue weighted by molar-refractivity contribution is 0.165. The molecule has 0 saturated heterocycles. The maximum Gasteiger partial charge on any atom is 0.192 e. The Morgan fingerprint density at radius 1 is 1.28 bits per heavy atom. The molecule has 1 aromatic rings. The first-order valence-corrected chi connectivity index (χ1v) is 12.0. The highest BCUT2D eigenvalue weighted by Gasteiger charge is 2.37. The summed E-state index contributed by atoms with van der Waals surface area (Å²) in [6, 6.07) is 4.19. The van der Waals surface area contributed by atoms with Gasteiger partial charge in [-0.25, -0.2) is 0 Å². The van der Waals surface area contributed by atoms with Crippen molar-refractivity contribution in [3.05, 3.63) is 41.5 Å². The van der Waals surface area contributed by atoms with Crippen molar-refractivity contribution in [3.8, 4) is 5.75 Å². The first-order chi connectivity index (χ1) is 11.5. The predicted molar refractivity (Wildman–Crippen MR) is 109 cm³/mol. The summed E-state index contributed by atoms with van der Waals surface area (Å²) in [5.41, 5.74) is 3.32. The normalized spacial score (nSPS) is 13.6. The SMILES string of the molecule is C=CCC[C@H](O)Cc1cc(C)cc(OC)c1CO[Si](C)(C)C(C)(C)C. The average molecular weight is 365 g/mol. The zero-order valence-corrected chi connectivity index (χ0v) is 18.1. The standard InChI is InChI=1S/C21H36O3Si/c1-9-10-11-18(22)14-17-12-16(2)13-20(23-6)19(17)15-24-25(7,8)21(3,4)5/h9,12-13,18,22H,1,10-11,14-15H2,2-8H3/t18-/m0/s1. The van der Waals surface area contributed by atoms with Gasteiger partial charge in [-0.2, -0.15) is 0 Å². The van der Waals surface area contributed by atoms with Gasteiger partial charge in [0, 0.05) is 5.56 Å². The summed E-state index contributed by atoms with van der Waals surface area (Å²) in [5.74, 6) is 0.852. The van der Waals surface area contributed by atoms with Gasteiger partial charge in [0.05, 0.1) is 19.8 Å². The Hall–Kier alpha value is -1.10. The summed E-state index contributed by atoms with van der Waals surface area (Å²) in [5, 5.41) is 10.5. The third-order valence-corrected chi connectivity index (χ3v) is 9.69. The maximum atomic E-state index is 10.3. The summed E-state index contributed by atoms with van der Waals surface area (Å²) in [6.45, 7) is 17.6. The molecule has 0 aliphatic carbocycles. The van der Waals surface area contributed by atoms with Crippen molar-refractivity contribution in [2.45, 2.75) is 77.8 Å². The van der Waals surface area contributed by atoms with Crippen molar-refractivity contribution in [3.63, 3.8) is 0 Å². The van der Waals surface area contributed by atoms with E-state index >= 15 is 0 Å². The number of aliphatic hydroxyl groups excluding tert-OH is 1. The molecule has 1 atom stereocenters. The van der Waals surface area contributed by atoms with Crippen LogP contribution < -0.4 is 4.74 Å². The smallest absolute Gasteiger partial charge is 0.192 e. The van der Waals surface area contributed by atoms with Crippen LogP contribution in [0.25, 0.3) is 0 Å². The Kier molecular flexibility index (Phi) is 7.91. The molecule has 0 saturated carbocycles. The van der Waals surface area contributed by atoms with Crippen molar-refractivity contribution in [2.24, 2.45) is 0 Å². The van der Waals surface area contributed by atoms with E-state index in [1.807, 2.05) is 12.1 Å².